The van der Waals surface area contributed by atoms with Crippen LogP contribution in [-0.4, -0.2) is 22.1 Å². The van der Waals surface area contributed by atoms with E-state index < -0.39 is 29.4 Å². The summed E-state index contributed by atoms with van der Waals surface area (Å²) in [6.07, 6.45) is -0.184. The van der Waals surface area contributed by atoms with Crippen LogP contribution in [0, 0.1) is 0 Å². The van der Waals surface area contributed by atoms with E-state index in [0.29, 0.717) is 0 Å². The molecule has 0 heterocycles. The van der Waals surface area contributed by atoms with Crippen molar-refractivity contribution < 1.29 is 22.3 Å². The molecular weight excluding hydrogens is 409 g/mol. The topological polar surface area (TPSA) is 63.3 Å². The van der Waals surface area contributed by atoms with Crippen LogP contribution in [0.25, 0.3) is 11.1 Å². The first-order chi connectivity index (χ1) is 11.7. The molecule has 25 heavy (non-hydrogen) atoms. The van der Waals surface area contributed by atoms with Gasteiger partial charge >= 0.3 is 158 Å². The second kappa shape index (κ2) is 6.52. The van der Waals surface area contributed by atoms with Gasteiger partial charge in [-0.05, 0) is 0 Å². The average Bonchev–Trinajstić information content (AvgIpc) is 2.89. The van der Waals surface area contributed by atoms with E-state index in [2.05, 4.69) is 25.2 Å². The van der Waals surface area contributed by atoms with Gasteiger partial charge in [-0.1, -0.05) is 0 Å². The molecule has 3 rings (SSSR count). The number of aliphatic hydroxyl groups is 1. The third kappa shape index (κ3) is 2.84. The minimum atomic E-state index is -4.59. The Morgan fingerprint density at radius 1 is 1.12 bits per heavy atom. The number of nitrogens with two attached hydrogens (primary N) is 1. The number of aliphatic hydroxyl groups excluding tert-OH is 1. The molecule has 0 aliphatic heterocycles. The molecular formula is C18H22Cl2NO2SiTi. The summed E-state index contributed by atoms with van der Waals surface area (Å²) in [6.45, 7) is 2.41. The molecule has 1 amide bonds. The van der Waals surface area contributed by atoms with Gasteiger partial charge in [-0.2, -0.15) is 0 Å². The molecule has 2 aromatic rings. The summed E-state index contributed by atoms with van der Waals surface area (Å²) >= 11 is -4.59. The van der Waals surface area contributed by atoms with Gasteiger partial charge in [0.15, 0.2) is 0 Å². The molecule has 3 N–H and O–H groups in total. The van der Waals surface area contributed by atoms with E-state index in [1.165, 1.54) is 0 Å². The Morgan fingerprint density at radius 2 is 1.56 bits per heavy atom. The Hall–Kier alpha value is -0.619. The second-order valence-corrected chi connectivity index (χ2v) is 36.6. The SMILES string of the molecule is C[SiH](C)[Ti]([Cl])([Cl])([CH](O)CC(N)=O)[CH]1c2ccccc2-c2ccccc21. The van der Waals surface area contributed by atoms with Gasteiger partial charge in [-0.3, -0.25) is 0 Å². The van der Waals surface area contributed by atoms with Crippen LogP contribution in [0.15, 0.2) is 48.5 Å². The van der Waals surface area contributed by atoms with Gasteiger partial charge in [0, 0.05) is 0 Å². The number of carbonyl (C=O) groups is 1. The van der Waals surface area contributed by atoms with E-state index in [0.717, 1.165) is 22.3 Å². The van der Waals surface area contributed by atoms with Crippen molar-refractivity contribution in [2.45, 2.75) is 28.1 Å². The molecule has 1 atom stereocenters. The molecule has 0 radical (unpaired) electrons. The van der Waals surface area contributed by atoms with Crippen LogP contribution in [0.3, 0.4) is 0 Å². The molecule has 0 saturated heterocycles. The second-order valence-electron chi connectivity index (χ2n) is 7.17. The van der Waals surface area contributed by atoms with Gasteiger partial charge in [0.1, 0.15) is 0 Å². The molecule has 1 aliphatic rings. The van der Waals surface area contributed by atoms with Crippen LogP contribution in [0.1, 0.15) is 21.8 Å². The molecule has 1 unspecified atom stereocenters. The van der Waals surface area contributed by atoms with Gasteiger partial charge in [0.05, 0.1) is 0 Å². The van der Waals surface area contributed by atoms with Crippen molar-refractivity contribution in [2.24, 2.45) is 5.73 Å². The zero-order valence-electron chi connectivity index (χ0n) is 14.2. The third-order valence-electron chi connectivity index (χ3n) is 5.52. The standard InChI is InChI=1S/C13H9.C3H6NO2.C2H7Si.2ClH.Ti/c1-3-7-12-10(5-1)9-11-6-2-4-8-13(11)12;4-3(6)1-2-5;1-3-2;;;/h1-9H;2,5H,1H2,(H2,4,6);3H,1-2H3;2*1H;/q;;;;;+2/p-2. The fraction of sp³-hybridized carbons (Fsp3) is 0.278. The van der Waals surface area contributed by atoms with Crippen molar-refractivity contribution in [3.63, 3.8) is 0 Å². The van der Waals surface area contributed by atoms with E-state index in [-0.39, 0.29) is 10.6 Å². The number of benzene rings is 2. The number of primary amides is 1. The van der Waals surface area contributed by atoms with Gasteiger partial charge in [0.25, 0.3) is 0 Å². The van der Waals surface area contributed by atoms with Crippen molar-refractivity contribution in [1.29, 1.82) is 0 Å². The molecule has 1 aliphatic carbocycles. The molecule has 7 heteroatoms. The molecule has 0 saturated carbocycles. The Morgan fingerprint density at radius 3 is 1.96 bits per heavy atom. The number of amides is 1. The van der Waals surface area contributed by atoms with Crippen LogP contribution in [0.2, 0.25) is 13.1 Å². The summed E-state index contributed by atoms with van der Waals surface area (Å²) in [7, 11) is 14.7. The van der Waals surface area contributed by atoms with Gasteiger partial charge < -0.3 is 0 Å². The number of hydrogen-bond donors (Lipinski definition) is 2. The number of hydrogen-bond acceptors (Lipinski definition) is 2. The summed E-state index contributed by atoms with van der Waals surface area (Å²) in [5, 5.41) is 11.0. The van der Waals surface area contributed by atoms with Gasteiger partial charge in [0.2, 0.25) is 0 Å². The first kappa shape index (κ1) is 19.2. The molecule has 3 nitrogen and oxygen atoms in total. The Bertz CT molecular complexity index is 798. The quantitative estimate of drug-likeness (QED) is 0.705. The van der Waals surface area contributed by atoms with Crippen LogP contribution in [-0.2, 0) is 17.2 Å². The monoisotopic (exact) mass is 430 g/mol. The van der Waals surface area contributed by atoms with E-state index in [9.17, 15) is 9.90 Å². The van der Waals surface area contributed by atoms with Crippen molar-refractivity contribution in [3.05, 3.63) is 59.7 Å². The summed E-state index contributed by atoms with van der Waals surface area (Å²) in [6, 6.07) is 16.2. The summed E-state index contributed by atoms with van der Waals surface area (Å²) < 4.78 is -1.29. The van der Waals surface area contributed by atoms with Crippen LogP contribution in [0.5, 0.6) is 0 Å². The van der Waals surface area contributed by atoms with Gasteiger partial charge in [-0.25, -0.2) is 0 Å². The Kier molecular flexibility index (Phi) is 5.00. The Labute approximate surface area is 157 Å². The van der Waals surface area contributed by atoms with Crippen LogP contribution < -0.4 is 5.73 Å². The zero-order valence-corrected chi connectivity index (χ0v) is 18.5. The van der Waals surface area contributed by atoms with E-state index in [1.807, 2.05) is 36.4 Å². The average molecular weight is 431 g/mol. The summed E-state index contributed by atoms with van der Waals surface area (Å²) in [5.41, 5.74) is 9.72. The molecule has 133 valence electrons. The first-order valence-corrected chi connectivity index (χ1v) is 20.1. The summed E-state index contributed by atoms with van der Waals surface area (Å²) in [5.74, 6) is -0.571. The molecule has 0 bridgehead atoms. The molecule has 0 fully saturated rings. The summed E-state index contributed by atoms with van der Waals surface area (Å²) in [4.78, 5) is 11.5. The van der Waals surface area contributed by atoms with E-state index >= 15 is 0 Å². The fourth-order valence-electron chi connectivity index (χ4n) is 4.05. The zero-order chi connectivity index (χ0) is 18.4. The maximum atomic E-state index is 11.5. The van der Waals surface area contributed by atoms with Crippen LogP contribution in [0.4, 0.5) is 0 Å². The van der Waals surface area contributed by atoms with E-state index in [1.54, 1.807) is 0 Å². The molecule has 0 aromatic heterocycles. The number of halogens is 2. The Balaban J connectivity index is 2.29. The predicted molar refractivity (Wildman–Crippen MR) is 104 cm³/mol. The predicted octanol–water partition coefficient (Wildman–Crippen LogP) is 3.93. The van der Waals surface area contributed by atoms with Gasteiger partial charge in [-0.15, -0.1) is 0 Å². The van der Waals surface area contributed by atoms with Crippen molar-refractivity contribution >= 4 is 31.2 Å². The normalized spacial score (nSPS) is 16.8. The number of fused-ring (bicyclic) bond motifs is 3. The van der Waals surface area contributed by atoms with E-state index in [4.69, 9.17) is 24.3 Å². The minimum absolute atomic E-state index is 0.184. The fourth-order valence-corrected chi connectivity index (χ4v) is 20.9. The van der Waals surface area contributed by atoms with Crippen molar-refractivity contribution in [3.8, 4) is 11.1 Å². The van der Waals surface area contributed by atoms with Crippen molar-refractivity contribution in [1.82, 2.24) is 0 Å². The first-order valence-electron chi connectivity index (χ1n) is 8.39. The number of carbonyl (C=O) groups excluding carboxylic acids is 1. The molecule has 0 spiro atoms. The maximum absolute atomic E-state index is 11.5. The third-order valence-corrected chi connectivity index (χ3v) is 40.7. The number of rotatable bonds is 5. The van der Waals surface area contributed by atoms with Crippen LogP contribution >= 0.6 is 18.6 Å². The molecule has 2 aromatic carbocycles. The van der Waals surface area contributed by atoms with Crippen molar-refractivity contribution in [2.75, 3.05) is 0 Å².